The van der Waals surface area contributed by atoms with Crippen molar-refractivity contribution in [2.45, 2.75) is 44.2 Å². The van der Waals surface area contributed by atoms with Gasteiger partial charge in [-0.3, -0.25) is 0 Å². The number of carbonyl (C=O) groups is 1. The summed E-state index contributed by atoms with van der Waals surface area (Å²) in [5.74, 6) is 0.342. The summed E-state index contributed by atoms with van der Waals surface area (Å²) < 4.78 is 28.3. The smallest absolute Gasteiger partial charge is 0.409 e. The molecular formula is C18H29IN4O4S. The molecular weight excluding hydrogens is 495 g/mol. The van der Waals surface area contributed by atoms with Gasteiger partial charge in [-0.15, -0.1) is 24.0 Å². The van der Waals surface area contributed by atoms with Crippen molar-refractivity contribution in [2.75, 3.05) is 26.0 Å². The van der Waals surface area contributed by atoms with Gasteiger partial charge in [-0.2, -0.15) is 0 Å². The van der Waals surface area contributed by atoms with Crippen molar-refractivity contribution in [1.82, 2.24) is 10.2 Å². The average Bonchev–Trinajstić information content (AvgIpc) is 2.60. The quantitative estimate of drug-likeness (QED) is 0.346. The number of nitrogens with two attached hydrogens (primary N) is 1. The second-order valence-electron chi connectivity index (χ2n) is 6.68. The lowest BCUT2D eigenvalue weighted by atomic mass is 10.1. The predicted molar refractivity (Wildman–Crippen MR) is 120 cm³/mol. The molecule has 1 aliphatic rings. The van der Waals surface area contributed by atoms with E-state index in [-0.39, 0.29) is 36.1 Å². The molecule has 1 aliphatic heterocycles. The number of ether oxygens (including phenoxy) is 1. The highest BCUT2D eigenvalue weighted by atomic mass is 127. The van der Waals surface area contributed by atoms with Gasteiger partial charge in [-0.25, -0.2) is 18.2 Å². The monoisotopic (exact) mass is 524 g/mol. The first-order chi connectivity index (χ1) is 12.7. The molecule has 10 heteroatoms. The highest BCUT2D eigenvalue weighted by molar-refractivity contribution is 14.0. The van der Waals surface area contributed by atoms with E-state index in [9.17, 15) is 13.2 Å². The fraction of sp³-hybridized carbons (Fsp3) is 0.556. The fourth-order valence-corrected chi connectivity index (χ4v) is 4.04. The summed E-state index contributed by atoms with van der Waals surface area (Å²) in [4.78, 5) is 18.1. The Bertz CT molecular complexity index is 806. The number of aliphatic imine (C=N–C) groups is 1. The van der Waals surface area contributed by atoms with Crippen molar-refractivity contribution in [2.24, 2.45) is 10.7 Å². The third-order valence-electron chi connectivity index (χ3n) is 4.44. The van der Waals surface area contributed by atoms with Crippen molar-refractivity contribution >= 4 is 45.9 Å². The molecule has 0 aliphatic carbocycles. The van der Waals surface area contributed by atoms with Gasteiger partial charge < -0.3 is 20.7 Å². The summed E-state index contributed by atoms with van der Waals surface area (Å²) in [6.07, 6.45) is 2.47. The van der Waals surface area contributed by atoms with Crippen molar-refractivity contribution < 1.29 is 17.9 Å². The number of halogens is 1. The molecule has 1 amide bonds. The van der Waals surface area contributed by atoms with E-state index in [1.54, 1.807) is 30.9 Å². The molecule has 1 fully saturated rings. The highest BCUT2D eigenvalue weighted by Gasteiger charge is 2.23. The van der Waals surface area contributed by atoms with Gasteiger partial charge in [0, 0.05) is 25.4 Å². The number of hydrogen-bond donors (Lipinski definition) is 2. The first-order valence-electron chi connectivity index (χ1n) is 8.98. The molecule has 28 heavy (non-hydrogen) atoms. The Kier molecular flexibility index (Phi) is 9.48. The number of rotatable bonds is 5. The zero-order valence-corrected chi connectivity index (χ0v) is 19.6. The molecule has 0 bridgehead atoms. The van der Waals surface area contributed by atoms with Crippen LogP contribution in [0.1, 0.15) is 30.9 Å². The topological polar surface area (TPSA) is 114 Å². The van der Waals surface area contributed by atoms with Gasteiger partial charge in [-0.1, -0.05) is 12.1 Å². The van der Waals surface area contributed by atoms with Gasteiger partial charge in [0.25, 0.3) is 0 Å². The lowest BCUT2D eigenvalue weighted by Crippen LogP contribution is -2.48. The normalized spacial score (nSPS) is 15.7. The van der Waals surface area contributed by atoms with Gasteiger partial charge in [0.2, 0.25) is 0 Å². The predicted octanol–water partition coefficient (Wildman–Crippen LogP) is 2.04. The van der Waals surface area contributed by atoms with Gasteiger partial charge in [0.05, 0.1) is 18.0 Å². The van der Waals surface area contributed by atoms with Crippen LogP contribution in [0.5, 0.6) is 0 Å². The third kappa shape index (κ3) is 7.12. The first-order valence-corrected chi connectivity index (χ1v) is 10.9. The Balaban J connectivity index is 0.00000392. The molecule has 1 aromatic carbocycles. The number of amides is 1. The second kappa shape index (κ2) is 10.8. The average molecular weight is 524 g/mol. The molecule has 1 aromatic rings. The zero-order chi connectivity index (χ0) is 20.0. The summed E-state index contributed by atoms with van der Waals surface area (Å²) in [5.41, 5.74) is 7.56. The molecule has 3 N–H and O–H groups in total. The van der Waals surface area contributed by atoms with Crippen molar-refractivity contribution in [3.8, 4) is 0 Å². The van der Waals surface area contributed by atoms with Gasteiger partial charge in [0.15, 0.2) is 15.8 Å². The maximum atomic E-state index is 11.7. The number of carbonyl (C=O) groups excluding carboxylic acids is 1. The standard InChI is InChI=1S/C18H28N4O4S.HI/c1-4-26-18(23)22-9-7-15(8-10-22)21-17(19)20-12-14-5-6-16(13(2)11-14)27(3,24)25;/h5-6,11,15H,4,7-10,12H2,1-3H3,(H3,19,20,21);1H. The highest BCUT2D eigenvalue weighted by Crippen LogP contribution is 2.17. The number of nitrogens with zero attached hydrogens (tertiary/aromatic N) is 2. The molecule has 8 nitrogen and oxygen atoms in total. The van der Waals surface area contributed by atoms with E-state index in [4.69, 9.17) is 10.5 Å². The van der Waals surface area contributed by atoms with Crippen LogP contribution in [0, 0.1) is 6.92 Å². The number of piperidine rings is 1. The van der Waals surface area contributed by atoms with Crippen LogP contribution in [0.15, 0.2) is 28.1 Å². The maximum Gasteiger partial charge on any atom is 0.409 e. The molecule has 158 valence electrons. The molecule has 1 saturated heterocycles. The molecule has 1 heterocycles. The number of benzene rings is 1. The molecule has 0 atom stereocenters. The van der Waals surface area contributed by atoms with Crippen LogP contribution in [0.4, 0.5) is 4.79 Å². The molecule has 0 unspecified atom stereocenters. The molecule has 0 spiro atoms. The zero-order valence-electron chi connectivity index (χ0n) is 16.5. The minimum atomic E-state index is -3.22. The largest absolute Gasteiger partial charge is 0.450 e. The minimum Gasteiger partial charge on any atom is -0.450 e. The SMILES string of the molecule is CCOC(=O)N1CCC(NC(N)=NCc2ccc(S(C)(=O)=O)c(C)c2)CC1.I. The number of guanidine groups is 1. The minimum absolute atomic E-state index is 0. The van der Waals surface area contributed by atoms with Crippen LogP contribution in [0.25, 0.3) is 0 Å². The van der Waals surface area contributed by atoms with Gasteiger partial charge >= 0.3 is 6.09 Å². The Morgan fingerprint density at radius 1 is 1.36 bits per heavy atom. The van der Waals surface area contributed by atoms with E-state index in [2.05, 4.69) is 10.3 Å². The number of hydrogen-bond acceptors (Lipinski definition) is 5. The lowest BCUT2D eigenvalue weighted by Gasteiger charge is -2.31. The maximum absolute atomic E-state index is 11.7. The van der Waals surface area contributed by atoms with Crippen LogP contribution in [-0.4, -0.2) is 57.4 Å². The molecule has 2 rings (SSSR count). The van der Waals surface area contributed by atoms with E-state index in [1.165, 1.54) is 6.26 Å². The fourth-order valence-electron chi connectivity index (χ4n) is 3.08. The molecule has 0 radical (unpaired) electrons. The Labute approximate surface area is 183 Å². The van der Waals surface area contributed by atoms with Gasteiger partial charge in [-0.05, 0) is 43.9 Å². The summed E-state index contributed by atoms with van der Waals surface area (Å²) in [7, 11) is -3.22. The van der Waals surface area contributed by atoms with Crippen LogP contribution < -0.4 is 11.1 Å². The second-order valence-corrected chi connectivity index (χ2v) is 8.66. The number of likely N-dealkylation sites (tertiary alicyclic amines) is 1. The third-order valence-corrected chi connectivity index (χ3v) is 5.70. The van der Waals surface area contributed by atoms with E-state index in [0.29, 0.717) is 42.7 Å². The number of nitrogens with one attached hydrogen (secondary N) is 1. The van der Waals surface area contributed by atoms with E-state index >= 15 is 0 Å². The Morgan fingerprint density at radius 2 is 2.00 bits per heavy atom. The molecule has 0 aromatic heterocycles. The number of aryl methyl sites for hydroxylation is 1. The Morgan fingerprint density at radius 3 is 2.54 bits per heavy atom. The van der Waals surface area contributed by atoms with E-state index < -0.39 is 9.84 Å². The molecule has 0 saturated carbocycles. The van der Waals surface area contributed by atoms with Crippen molar-refractivity contribution in [3.05, 3.63) is 29.3 Å². The van der Waals surface area contributed by atoms with Crippen molar-refractivity contribution in [3.63, 3.8) is 0 Å². The van der Waals surface area contributed by atoms with Crippen LogP contribution in [0.2, 0.25) is 0 Å². The van der Waals surface area contributed by atoms with Crippen LogP contribution >= 0.6 is 24.0 Å². The number of sulfone groups is 1. The Hall–Kier alpha value is -1.56. The summed E-state index contributed by atoms with van der Waals surface area (Å²) in [6, 6.07) is 5.32. The first kappa shape index (κ1) is 24.5. The van der Waals surface area contributed by atoms with E-state index in [0.717, 1.165) is 18.4 Å². The van der Waals surface area contributed by atoms with Gasteiger partial charge in [0.1, 0.15) is 0 Å². The van der Waals surface area contributed by atoms with Crippen molar-refractivity contribution in [1.29, 1.82) is 0 Å². The summed E-state index contributed by atoms with van der Waals surface area (Å²) in [6.45, 7) is 5.54. The lowest BCUT2D eigenvalue weighted by molar-refractivity contribution is 0.0963. The van der Waals surface area contributed by atoms with Crippen LogP contribution in [-0.2, 0) is 21.1 Å². The van der Waals surface area contributed by atoms with Crippen LogP contribution in [0.3, 0.4) is 0 Å². The van der Waals surface area contributed by atoms with E-state index in [1.807, 2.05) is 6.07 Å². The summed E-state index contributed by atoms with van der Waals surface area (Å²) in [5, 5.41) is 3.18. The summed E-state index contributed by atoms with van der Waals surface area (Å²) >= 11 is 0.